The third-order valence-electron chi connectivity index (χ3n) is 2.13. The molecule has 1 aromatic heterocycles. The van der Waals surface area contributed by atoms with E-state index in [1.54, 1.807) is 18.3 Å². The Labute approximate surface area is 95.3 Å². The molecule has 0 saturated carbocycles. The number of carboxylic acid groups (broad SMARTS) is 1. The van der Waals surface area contributed by atoms with Crippen molar-refractivity contribution in [3.63, 3.8) is 0 Å². The molecule has 1 atom stereocenters. The van der Waals surface area contributed by atoms with Crippen LogP contribution in [0.15, 0.2) is 24.5 Å². The Morgan fingerprint density at radius 3 is 2.38 bits per heavy atom. The van der Waals surface area contributed by atoms with Crippen molar-refractivity contribution < 1.29 is 14.6 Å². The number of hydrogen-bond acceptors (Lipinski definition) is 3. The Balaban J connectivity index is 3.13. The highest BCUT2D eigenvalue weighted by molar-refractivity contribution is 5.78. The Hall–Kier alpha value is -1.42. The number of hydrogen-bond donors (Lipinski definition) is 1. The molecular formula is C12H17NO3. The molecule has 88 valence electrons. The molecule has 1 rings (SSSR count). The molecule has 0 aliphatic heterocycles. The second-order valence-corrected chi connectivity index (χ2v) is 4.79. The quantitative estimate of drug-likeness (QED) is 0.853. The van der Waals surface area contributed by atoms with Crippen LogP contribution in [0.1, 0.15) is 33.3 Å². The van der Waals surface area contributed by atoms with Gasteiger partial charge in [-0.3, -0.25) is 4.98 Å². The summed E-state index contributed by atoms with van der Waals surface area (Å²) in [7, 11) is 0. The maximum atomic E-state index is 11.3. The fraction of sp³-hybridized carbons (Fsp3) is 0.500. The first-order chi connectivity index (χ1) is 7.26. The van der Waals surface area contributed by atoms with Crippen LogP contribution in [0.25, 0.3) is 0 Å². The highest BCUT2D eigenvalue weighted by Gasteiger charge is 2.40. The second-order valence-electron chi connectivity index (χ2n) is 4.79. The van der Waals surface area contributed by atoms with Gasteiger partial charge in [0, 0.05) is 18.0 Å². The van der Waals surface area contributed by atoms with Gasteiger partial charge in [-0.05, 0) is 33.8 Å². The largest absolute Gasteiger partial charge is 0.479 e. The van der Waals surface area contributed by atoms with E-state index in [1.165, 1.54) is 13.1 Å². The lowest BCUT2D eigenvalue weighted by atomic mass is 9.96. The molecule has 1 N–H and O–H groups in total. The summed E-state index contributed by atoms with van der Waals surface area (Å²) in [4.78, 5) is 15.3. The van der Waals surface area contributed by atoms with E-state index in [4.69, 9.17) is 4.74 Å². The van der Waals surface area contributed by atoms with E-state index in [2.05, 4.69) is 4.98 Å². The van der Waals surface area contributed by atoms with Gasteiger partial charge in [-0.2, -0.15) is 0 Å². The van der Waals surface area contributed by atoms with Crippen molar-refractivity contribution >= 4 is 5.97 Å². The fourth-order valence-corrected chi connectivity index (χ4v) is 1.48. The van der Waals surface area contributed by atoms with Crippen LogP contribution in [0.3, 0.4) is 0 Å². The van der Waals surface area contributed by atoms with E-state index in [0.29, 0.717) is 5.56 Å². The van der Waals surface area contributed by atoms with Gasteiger partial charge in [0.2, 0.25) is 0 Å². The van der Waals surface area contributed by atoms with Crippen LogP contribution in [-0.4, -0.2) is 21.7 Å². The van der Waals surface area contributed by atoms with Crippen LogP contribution in [0.4, 0.5) is 0 Å². The molecule has 4 nitrogen and oxygen atoms in total. The first-order valence-electron chi connectivity index (χ1n) is 5.10. The van der Waals surface area contributed by atoms with Crippen LogP contribution in [0.2, 0.25) is 0 Å². The maximum Gasteiger partial charge on any atom is 0.340 e. The number of pyridine rings is 1. The van der Waals surface area contributed by atoms with Crippen molar-refractivity contribution in [1.82, 2.24) is 4.98 Å². The molecular weight excluding hydrogens is 206 g/mol. The van der Waals surface area contributed by atoms with E-state index in [-0.39, 0.29) is 0 Å². The number of nitrogens with zero attached hydrogens (tertiary/aromatic N) is 1. The summed E-state index contributed by atoms with van der Waals surface area (Å²) in [5, 5.41) is 9.30. The number of carbonyl (C=O) groups is 1. The molecule has 0 spiro atoms. The fourth-order valence-electron chi connectivity index (χ4n) is 1.48. The zero-order valence-electron chi connectivity index (χ0n) is 10.0. The topological polar surface area (TPSA) is 59.4 Å². The van der Waals surface area contributed by atoms with Crippen molar-refractivity contribution in [2.24, 2.45) is 0 Å². The van der Waals surface area contributed by atoms with Crippen LogP contribution in [0, 0.1) is 0 Å². The smallest absolute Gasteiger partial charge is 0.340 e. The summed E-state index contributed by atoms with van der Waals surface area (Å²) >= 11 is 0. The lowest BCUT2D eigenvalue weighted by molar-refractivity contribution is -0.183. The summed E-state index contributed by atoms with van der Waals surface area (Å²) in [5.41, 5.74) is -1.37. The average molecular weight is 223 g/mol. The van der Waals surface area contributed by atoms with Crippen molar-refractivity contribution in [1.29, 1.82) is 0 Å². The van der Waals surface area contributed by atoms with Crippen LogP contribution >= 0.6 is 0 Å². The molecule has 0 aliphatic rings. The number of aliphatic carboxylic acids is 1. The molecule has 0 fully saturated rings. The molecule has 1 aromatic rings. The molecule has 16 heavy (non-hydrogen) atoms. The number of carboxylic acids is 1. The van der Waals surface area contributed by atoms with Crippen LogP contribution < -0.4 is 0 Å². The molecule has 4 heteroatoms. The molecule has 0 aromatic carbocycles. The minimum absolute atomic E-state index is 0.539. The Kier molecular flexibility index (Phi) is 3.33. The highest BCUT2D eigenvalue weighted by Crippen LogP contribution is 2.30. The van der Waals surface area contributed by atoms with E-state index in [1.807, 2.05) is 20.8 Å². The van der Waals surface area contributed by atoms with Crippen LogP contribution in [-0.2, 0) is 15.1 Å². The van der Waals surface area contributed by atoms with Gasteiger partial charge in [0.05, 0.1) is 5.60 Å². The Morgan fingerprint density at radius 1 is 1.38 bits per heavy atom. The molecule has 0 aliphatic carbocycles. The van der Waals surface area contributed by atoms with Gasteiger partial charge in [-0.15, -0.1) is 0 Å². The number of ether oxygens (including phenoxy) is 1. The van der Waals surface area contributed by atoms with Crippen molar-refractivity contribution in [2.75, 3.05) is 0 Å². The molecule has 0 radical (unpaired) electrons. The molecule has 0 bridgehead atoms. The maximum absolute atomic E-state index is 11.3. The van der Waals surface area contributed by atoms with Gasteiger partial charge < -0.3 is 9.84 Å². The normalized spacial score (nSPS) is 15.5. The molecule has 0 saturated heterocycles. The van der Waals surface area contributed by atoms with Gasteiger partial charge in [-0.1, -0.05) is 6.07 Å². The summed E-state index contributed by atoms with van der Waals surface area (Å²) in [6, 6.07) is 3.40. The molecule has 1 unspecified atom stereocenters. The minimum atomic E-state index is -1.37. The first kappa shape index (κ1) is 12.6. The number of rotatable bonds is 3. The number of aromatic nitrogens is 1. The van der Waals surface area contributed by atoms with Crippen molar-refractivity contribution in [3.8, 4) is 0 Å². The third kappa shape index (κ3) is 2.79. The van der Waals surface area contributed by atoms with Crippen molar-refractivity contribution in [3.05, 3.63) is 30.1 Å². The van der Waals surface area contributed by atoms with Gasteiger partial charge in [0.15, 0.2) is 5.60 Å². The van der Waals surface area contributed by atoms with E-state index >= 15 is 0 Å². The van der Waals surface area contributed by atoms with Gasteiger partial charge in [-0.25, -0.2) is 4.79 Å². The van der Waals surface area contributed by atoms with Crippen molar-refractivity contribution in [2.45, 2.75) is 38.9 Å². The van der Waals surface area contributed by atoms with Gasteiger partial charge in [0.1, 0.15) is 0 Å². The monoisotopic (exact) mass is 223 g/mol. The summed E-state index contributed by atoms with van der Waals surface area (Å²) in [6.45, 7) is 7.01. The Morgan fingerprint density at radius 2 is 2.00 bits per heavy atom. The Bertz CT molecular complexity index is 370. The second kappa shape index (κ2) is 4.22. The van der Waals surface area contributed by atoms with E-state index in [9.17, 15) is 9.90 Å². The zero-order valence-corrected chi connectivity index (χ0v) is 10.0. The zero-order chi connectivity index (χ0) is 12.4. The van der Waals surface area contributed by atoms with E-state index < -0.39 is 17.2 Å². The molecule has 0 amide bonds. The summed E-state index contributed by atoms with van der Waals surface area (Å²) in [6.07, 6.45) is 3.11. The van der Waals surface area contributed by atoms with Gasteiger partial charge >= 0.3 is 5.97 Å². The minimum Gasteiger partial charge on any atom is -0.479 e. The lowest BCUT2D eigenvalue weighted by Crippen LogP contribution is -2.41. The predicted octanol–water partition coefficient (Wildman–Crippen LogP) is 2.20. The van der Waals surface area contributed by atoms with Gasteiger partial charge in [0.25, 0.3) is 0 Å². The van der Waals surface area contributed by atoms with Crippen LogP contribution in [0.5, 0.6) is 0 Å². The standard InChI is InChI=1S/C12H17NO3/c1-11(2,3)16-12(4,10(14)15)9-6-5-7-13-8-9/h5-8H,1-4H3,(H,14,15). The summed E-state index contributed by atoms with van der Waals surface area (Å²) in [5.74, 6) is -1.02. The molecule has 1 heterocycles. The predicted molar refractivity (Wildman–Crippen MR) is 60.1 cm³/mol. The third-order valence-corrected chi connectivity index (χ3v) is 2.13. The highest BCUT2D eigenvalue weighted by atomic mass is 16.5. The average Bonchev–Trinajstić information content (AvgIpc) is 2.16. The lowest BCUT2D eigenvalue weighted by Gasteiger charge is -2.33. The SMILES string of the molecule is CC(C)(C)OC(C)(C(=O)O)c1cccnc1. The van der Waals surface area contributed by atoms with E-state index in [0.717, 1.165) is 0 Å². The summed E-state index contributed by atoms with van der Waals surface area (Å²) < 4.78 is 5.63. The first-order valence-corrected chi connectivity index (χ1v) is 5.10.